The minimum atomic E-state index is -1.41. The number of β-lactam (4-membered cyclic amide) rings is 1. The Hall–Kier alpha value is -2.66. The van der Waals surface area contributed by atoms with Crippen molar-refractivity contribution in [3.05, 3.63) is 76.5 Å². The molecule has 1 aliphatic rings. The first-order valence-corrected chi connectivity index (χ1v) is 14.3. The van der Waals surface area contributed by atoms with Crippen molar-refractivity contribution in [1.82, 2.24) is 4.90 Å². The largest absolute Gasteiger partial charge is 0.476 e. The number of nitrogens with zero attached hydrogens (tertiary/aromatic N) is 1. The van der Waals surface area contributed by atoms with Crippen LogP contribution in [0.1, 0.15) is 45.7 Å². The summed E-state index contributed by atoms with van der Waals surface area (Å²) in [5.41, 5.74) is 0.440. The summed E-state index contributed by atoms with van der Waals surface area (Å²) in [4.78, 5) is 40.3. The SMILES string of the molecule is CCS[C@@H]1[C@@H]([C@@H](C)O)C(=O)N1C(C(=O)O)=C(Oc1ccc(C(=S)c2ccccc2)cc1)SC(=O)C(C)(C)C. The lowest BCUT2D eigenvalue weighted by atomic mass is 9.92. The van der Waals surface area contributed by atoms with Crippen LogP contribution in [-0.2, 0) is 14.4 Å². The molecule has 1 amide bonds. The molecule has 3 atom stereocenters. The number of carboxylic acids is 1. The summed E-state index contributed by atoms with van der Waals surface area (Å²) in [5.74, 6) is -1.81. The number of benzene rings is 2. The molecular weight excluding hydrogens is 543 g/mol. The topological polar surface area (TPSA) is 104 Å². The van der Waals surface area contributed by atoms with Crippen molar-refractivity contribution in [2.45, 2.75) is 46.1 Å². The van der Waals surface area contributed by atoms with Crippen molar-refractivity contribution in [2.24, 2.45) is 11.3 Å². The van der Waals surface area contributed by atoms with E-state index in [9.17, 15) is 24.6 Å². The molecule has 1 aliphatic heterocycles. The van der Waals surface area contributed by atoms with Crippen molar-refractivity contribution < 1.29 is 29.3 Å². The van der Waals surface area contributed by atoms with E-state index in [0.29, 0.717) is 22.4 Å². The van der Waals surface area contributed by atoms with Gasteiger partial charge >= 0.3 is 5.97 Å². The number of hydrogen-bond acceptors (Lipinski definition) is 8. The molecule has 1 heterocycles. The standard InChI is InChI=1S/C28H31NO6S3/c1-6-37-24-20(16(2)30)23(31)29(24)21(25(32)33)26(38-27(34)28(3,4)5)35-19-14-12-18(13-15-19)22(36)17-10-8-7-9-11-17/h7-16,20,24,30H,6H2,1-5H3,(H,32,33)/t16-,20+,24-/m1/s1. The fourth-order valence-corrected chi connectivity index (χ4v) is 6.12. The first-order chi connectivity index (χ1) is 17.9. The van der Waals surface area contributed by atoms with Crippen LogP contribution in [0.25, 0.3) is 0 Å². The van der Waals surface area contributed by atoms with Crippen molar-refractivity contribution >= 4 is 57.6 Å². The second-order valence-corrected chi connectivity index (χ2v) is 12.5. The van der Waals surface area contributed by atoms with Gasteiger partial charge in [-0.05, 0) is 59.8 Å². The summed E-state index contributed by atoms with van der Waals surface area (Å²) in [5, 5.41) is 19.2. The number of thiocarbonyl (C=S) groups is 1. The molecule has 0 unspecified atom stereocenters. The molecule has 10 heteroatoms. The van der Waals surface area contributed by atoms with E-state index in [-0.39, 0.29) is 16.0 Å². The van der Waals surface area contributed by atoms with Crippen LogP contribution in [0.4, 0.5) is 0 Å². The Morgan fingerprint density at radius 2 is 1.66 bits per heavy atom. The van der Waals surface area contributed by atoms with Crippen LogP contribution in [0.5, 0.6) is 5.75 Å². The van der Waals surface area contributed by atoms with Gasteiger partial charge < -0.3 is 14.9 Å². The summed E-state index contributed by atoms with van der Waals surface area (Å²) < 4.78 is 6.00. The van der Waals surface area contributed by atoms with Gasteiger partial charge in [0.2, 0.25) is 11.0 Å². The highest BCUT2D eigenvalue weighted by atomic mass is 32.2. The van der Waals surface area contributed by atoms with Crippen LogP contribution in [0.2, 0.25) is 0 Å². The highest BCUT2D eigenvalue weighted by Crippen LogP contribution is 2.43. The predicted molar refractivity (Wildman–Crippen MR) is 155 cm³/mol. The predicted octanol–water partition coefficient (Wildman–Crippen LogP) is 5.31. The lowest BCUT2D eigenvalue weighted by Crippen LogP contribution is -2.63. The maximum atomic E-state index is 13.0. The number of ether oxygens (including phenoxy) is 1. The van der Waals surface area contributed by atoms with Gasteiger partial charge in [0.15, 0.2) is 10.8 Å². The maximum absolute atomic E-state index is 13.0. The number of amides is 1. The van der Waals surface area contributed by atoms with Gasteiger partial charge in [-0.25, -0.2) is 4.79 Å². The molecule has 0 aliphatic carbocycles. The number of aliphatic hydroxyl groups excluding tert-OH is 1. The average Bonchev–Trinajstić information content (AvgIpc) is 2.86. The van der Waals surface area contributed by atoms with Gasteiger partial charge in [-0.2, -0.15) is 0 Å². The van der Waals surface area contributed by atoms with Crippen molar-refractivity contribution in [2.75, 3.05) is 5.75 Å². The van der Waals surface area contributed by atoms with Gasteiger partial charge in [0, 0.05) is 5.41 Å². The highest BCUT2D eigenvalue weighted by molar-refractivity contribution is 8.16. The first-order valence-electron chi connectivity index (χ1n) is 12.1. The van der Waals surface area contributed by atoms with Gasteiger partial charge in [-0.15, -0.1) is 11.8 Å². The summed E-state index contributed by atoms with van der Waals surface area (Å²) in [7, 11) is 0. The second-order valence-electron chi connectivity index (χ2n) is 9.72. The minimum Gasteiger partial charge on any atom is -0.476 e. The van der Waals surface area contributed by atoms with Gasteiger partial charge in [0.1, 0.15) is 5.75 Å². The third-order valence-corrected chi connectivity index (χ3v) is 8.65. The Morgan fingerprint density at radius 3 is 2.16 bits per heavy atom. The van der Waals surface area contributed by atoms with Gasteiger partial charge in [-0.3, -0.25) is 14.5 Å². The van der Waals surface area contributed by atoms with Crippen LogP contribution in [0.3, 0.4) is 0 Å². The maximum Gasteiger partial charge on any atom is 0.357 e. The molecule has 2 aromatic rings. The van der Waals surface area contributed by atoms with E-state index in [1.54, 1.807) is 45.0 Å². The number of thioether (sulfide) groups is 2. The molecule has 0 bridgehead atoms. The van der Waals surface area contributed by atoms with E-state index >= 15 is 0 Å². The molecule has 1 fully saturated rings. The van der Waals surface area contributed by atoms with Crippen LogP contribution >= 0.6 is 35.7 Å². The Bertz CT molecular complexity index is 1240. The normalized spacial score (nSPS) is 18.8. The zero-order valence-corrected chi connectivity index (χ0v) is 24.3. The number of carbonyl (C=O) groups excluding carboxylic acids is 2. The summed E-state index contributed by atoms with van der Waals surface area (Å²) >= 11 is 7.58. The van der Waals surface area contributed by atoms with E-state index in [1.165, 1.54) is 18.7 Å². The summed E-state index contributed by atoms with van der Waals surface area (Å²) in [6.07, 6.45) is -0.952. The zero-order valence-electron chi connectivity index (χ0n) is 21.8. The second kappa shape index (κ2) is 12.5. The number of rotatable bonds is 10. The van der Waals surface area contributed by atoms with E-state index in [1.807, 2.05) is 37.3 Å². The molecule has 2 N–H and O–H groups in total. The molecule has 3 rings (SSSR count). The van der Waals surface area contributed by atoms with E-state index < -0.39 is 40.4 Å². The van der Waals surface area contributed by atoms with E-state index in [2.05, 4.69) is 0 Å². The number of carbonyl (C=O) groups is 3. The molecule has 38 heavy (non-hydrogen) atoms. The Morgan fingerprint density at radius 1 is 1.08 bits per heavy atom. The number of carboxylic acid groups (broad SMARTS) is 1. The van der Waals surface area contributed by atoms with Crippen LogP contribution in [0.15, 0.2) is 65.4 Å². The van der Waals surface area contributed by atoms with Crippen molar-refractivity contribution in [3.63, 3.8) is 0 Å². The number of aliphatic carboxylic acids is 1. The van der Waals surface area contributed by atoms with E-state index in [0.717, 1.165) is 16.0 Å². The quantitative estimate of drug-likeness (QED) is 0.129. The summed E-state index contributed by atoms with van der Waals surface area (Å²) in [6.45, 7) is 8.53. The van der Waals surface area contributed by atoms with E-state index in [4.69, 9.17) is 17.0 Å². The molecular formula is C28H31NO6S3. The van der Waals surface area contributed by atoms with Crippen molar-refractivity contribution in [1.29, 1.82) is 0 Å². The Labute approximate surface area is 236 Å². The lowest BCUT2D eigenvalue weighted by molar-refractivity contribution is -0.157. The smallest absolute Gasteiger partial charge is 0.357 e. The molecule has 7 nitrogen and oxygen atoms in total. The van der Waals surface area contributed by atoms with Crippen LogP contribution < -0.4 is 4.74 Å². The average molecular weight is 574 g/mol. The Balaban J connectivity index is 2.02. The van der Waals surface area contributed by atoms with Crippen molar-refractivity contribution in [3.8, 4) is 5.75 Å². The highest BCUT2D eigenvalue weighted by Gasteiger charge is 2.54. The molecule has 0 spiro atoms. The van der Waals surface area contributed by atoms with Gasteiger partial charge in [0.05, 0.1) is 22.3 Å². The number of hydrogen-bond donors (Lipinski definition) is 2. The fraction of sp³-hybridized carbons (Fsp3) is 0.357. The van der Waals surface area contributed by atoms with Gasteiger partial charge in [-0.1, -0.05) is 70.2 Å². The third kappa shape index (κ3) is 6.66. The molecule has 2 aromatic carbocycles. The van der Waals surface area contributed by atoms with Gasteiger partial charge in [0.25, 0.3) is 0 Å². The molecule has 0 saturated carbocycles. The molecule has 1 saturated heterocycles. The zero-order chi connectivity index (χ0) is 28.2. The molecule has 0 aromatic heterocycles. The third-order valence-electron chi connectivity index (χ3n) is 5.74. The fourth-order valence-electron chi connectivity index (χ4n) is 3.70. The minimum absolute atomic E-state index is 0.213. The van der Waals surface area contributed by atoms with Crippen LogP contribution in [-0.4, -0.2) is 54.2 Å². The number of aliphatic hydroxyl groups is 1. The Kier molecular flexibility index (Phi) is 9.80. The van der Waals surface area contributed by atoms with Crippen LogP contribution in [0, 0.1) is 11.3 Å². The first kappa shape index (κ1) is 29.9. The molecule has 0 radical (unpaired) electrons. The molecule has 202 valence electrons. The summed E-state index contributed by atoms with van der Waals surface area (Å²) in [6, 6.07) is 16.3. The monoisotopic (exact) mass is 573 g/mol. The lowest BCUT2D eigenvalue weighted by Gasteiger charge is -2.47. The number of likely N-dealkylation sites (tertiary alicyclic amines) is 1.